The van der Waals surface area contributed by atoms with Gasteiger partial charge in [0.1, 0.15) is 0 Å². The monoisotopic (exact) mass is 586 g/mol. The summed E-state index contributed by atoms with van der Waals surface area (Å²) in [6, 6.07) is 19.1. The Morgan fingerprint density at radius 2 is 1.81 bits per heavy atom. The molecule has 1 aliphatic rings. The quantitative estimate of drug-likeness (QED) is 0.342. The van der Waals surface area contributed by atoms with Crippen LogP contribution < -0.4 is 10.5 Å². The fourth-order valence-corrected chi connectivity index (χ4v) is 7.58. The van der Waals surface area contributed by atoms with Gasteiger partial charge in [-0.2, -0.15) is 0 Å². The van der Waals surface area contributed by atoms with E-state index < -0.39 is 0 Å². The second kappa shape index (κ2) is 7.37. The van der Waals surface area contributed by atoms with Gasteiger partial charge in [0, 0.05) is 0 Å². The Morgan fingerprint density at radius 3 is 2.67 bits per heavy atom. The second-order valence-electron chi connectivity index (χ2n) is 7.43. The number of rotatable bonds is 2. The van der Waals surface area contributed by atoms with Gasteiger partial charge in [-0.15, -0.1) is 0 Å². The van der Waals surface area contributed by atoms with Crippen LogP contribution in [0.5, 0.6) is 0 Å². The Kier molecular flexibility index (Phi) is 4.90. The zero-order chi connectivity index (χ0) is 18.4. The number of thiophene rings is 1. The van der Waals surface area contributed by atoms with Crippen LogP contribution in [0, 0.1) is 43.2 Å². The molecule has 132 valence electrons. The van der Waals surface area contributed by atoms with Gasteiger partial charge in [-0.05, 0) is 6.07 Å². The molecule has 2 aromatic heterocycles. The predicted molar refractivity (Wildman–Crippen MR) is 111 cm³/mol. The minimum atomic E-state index is -0.00548. The van der Waals surface area contributed by atoms with Crippen LogP contribution in [-0.4, -0.2) is 13.2 Å². The Hall–Kier alpha value is -1.12. The molecule has 5 heteroatoms. The Morgan fingerprint density at radius 1 is 1.00 bits per heavy atom. The Balaban J connectivity index is 1.38. The Labute approximate surface area is 192 Å². The van der Waals surface area contributed by atoms with Crippen LogP contribution in [0.2, 0.25) is 0 Å². The number of pyridine rings is 1. The fourth-order valence-electron chi connectivity index (χ4n) is 4.32. The molecule has 0 radical (unpaired) electrons. The molecule has 0 N–H and O–H groups in total. The van der Waals surface area contributed by atoms with Crippen molar-refractivity contribution in [3.8, 4) is 0 Å². The number of piperidine rings is 1. The molecule has 1 fully saturated rings. The van der Waals surface area contributed by atoms with E-state index in [2.05, 4.69) is 52.7 Å². The van der Waals surface area contributed by atoms with Crippen molar-refractivity contribution >= 4 is 38.0 Å². The van der Waals surface area contributed by atoms with Gasteiger partial charge in [0.25, 0.3) is 0 Å². The molecule has 0 bridgehead atoms. The number of nitrogens with zero attached hydrogens (tertiary/aromatic N) is 2. The van der Waals surface area contributed by atoms with Crippen LogP contribution in [0.15, 0.2) is 64.8 Å². The van der Waals surface area contributed by atoms with Gasteiger partial charge in [-0.1, -0.05) is 12.1 Å². The van der Waals surface area contributed by atoms with E-state index >= 15 is 0 Å². The number of anilines is 1. The third kappa shape index (κ3) is 3.29. The van der Waals surface area contributed by atoms with E-state index in [1.165, 1.54) is 39.6 Å². The van der Waals surface area contributed by atoms with Crippen LogP contribution in [0.1, 0.15) is 24.3 Å². The standard InChI is InChI=1S/C22H20N2OS.Ra.H/c25-22-8-6-17-13-16(5-7-19(17)23-22)15-9-11-24(12-10-15)20-14-26-21-4-2-1-3-18(20)21;;/h1-8,13-15H,9-12H2,(H,23,25);;/q;+1;/p-1. The van der Waals surface area contributed by atoms with Crippen molar-refractivity contribution < 1.29 is 43.2 Å². The molecule has 27 heavy (non-hydrogen) atoms. The van der Waals surface area contributed by atoms with E-state index in [0.717, 1.165) is 18.6 Å². The van der Waals surface area contributed by atoms with Gasteiger partial charge in [0.15, 0.2) is 0 Å². The zero-order valence-electron chi connectivity index (χ0n) is 15.4. The van der Waals surface area contributed by atoms with Crippen molar-refractivity contribution in [3.63, 3.8) is 0 Å². The maximum absolute atomic E-state index is 11.9. The maximum atomic E-state index is 11.9. The fraction of sp³-hybridized carbons (Fsp3) is 0.227. The van der Waals surface area contributed by atoms with Crippen molar-refractivity contribution in [2.75, 3.05) is 18.0 Å². The van der Waals surface area contributed by atoms with Gasteiger partial charge in [0.2, 0.25) is 0 Å². The van der Waals surface area contributed by atoms with E-state index in [1.807, 2.05) is 17.5 Å². The number of benzene rings is 2. The number of aromatic nitrogens is 1. The predicted octanol–water partition coefficient (Wildman–Crippen LogP) is 4.64. The number of fused-ring (bicyclic) bond motifs is 2. The van der Waals surface area contributed by atoms with Crippen LogP contribution in [0.3, 0.4) is 0 Å². The van der Waals surface area contributed by atoms with E-state index in [1.54, 1.807) is 6.07 Å². The number of hydrogen-bond acceptors (Lipinski definition) is 3. The molecule has 0 amide bonds. The molecule has 4 aromatic rings. The molecule has 2 aromatic carbocycles. The van der Waals surface area contributed by atoms with Crippen LogP contribution >= 0.6 is 11.3 Å². The topological polar surface area (TPSA) is 25.2 Å². The molecule has 1 aliphatic heterocycles. The molecule has 3 heterocycles. The summed E-state index contributed by atoms with van der Waals surface area (Å²) in [6.07, 6.45) is 2.36. The first kappa shape index (κ1) is 17.9. The van der Waals surface area contributed by atoms with Gasteiger partial charge >= 0.3 is 176 Å². The van der Waals surface area contributed by atoms with Crippen molar-refractivity contribution in [2.45, 2.75) is 18.8 Å². The van der Waals surface area contributed by atoms with Crippen molar-refractivity contribution in [1.29, 1.82) is 0 Å². The van der Waals surface area contributed by atoms with E-state index in [-0.39, 0.29) is 48.8 Å². The summed E-state index contributed by atoms with van der Waals surface area (Å²) in [4.78, 5) is 14.4. The van der Waals surface area contributed by atoms with Crippen molar-refractivity contribution in [1.82, 2.24) is 0.0986 Å². The molecule has 0 aliphatic carbocycles. The van der Waals surface area contributed by atoms with Gasteiger partial charge < -0.3 is 0 Å². The zero-order valence-corrected chi connectivity index (χ0v) is 24.4. The molecule has 5 rings (SSSR count). The SMILES string of the molecule is O=c1ccc2cc(C3CCN(c4csc5ccccc45)CC3)ccc2[n]1[RaH]. The van der Waals surface area contributed by atoms with Crippen molar-refractivity contribution in [3.05, 3.63) is 75.9 Å². The summed E-state index contributed by atoms with van der Waals surface area (Å²) in [6.45, 7) is 2.21. The van der Waals surface area contributed by atoms with Crippen LogP contribution in [0.4, 0.5) is 5.69 Å². The first-order valence-corrected chi connectivity index (χ1v) is 14.1. The summed E-state index contributed by atoms with van der Waals surface area (Å²) in [5.41, 5.74) is 4.08. The van der Waals surface area contributed by atoms with E-state index in [9.17, 15) is 4.79 Å². The van der Waals surface area contributed by atoms with Crippen LogP contribution in [-0.2, 0) is 0 Å². The normalized spacial score (nSPS) is 15.6. The molecule has 0 unspecified atom stereocenters. The molecule has 0 spiro atoms. The minimum absolute atomic E-state index is 0.00548. The summed E-state index contributed by atoms with van der Waals surface area (Å²) in [5, 5.41) is 4.91. The summed E-state index contributed by atoms with van der Waals surface area (Å²) in [7, 11) is 0. The third-order valence-electron chi connectivity index (χ3n) is 5.92. The molecule has 0 atom stereocenters. The van der Waals surface area contributed by atoms with Crippen LogP contribution in [0.25, 0.3) is 21.0 Å². The molecule has 1 saturated heterocycles. The number of hydrogen-bond donors (Lipinski definition) is 0. The second-order valence-corrected chi connectivity index (χ2v) is 12.0. The first-order valence-electron chi connectivity index (χ1n) is 9.51. The van der Waals surface area contributed by atoms with Gasteiger partial charge in [0.05, 0.1) is 0 Å². The van der Waals surface area contributed by atoms with Gasteiger partial charge in [-0.3, -0.25) is 0 Å². The summed E-state index contributed by atoms with van der Waals surface area (Å²) >= 11 is 1.84. The molecular weight excluding hydrogens is 566 g/mol. The average Bonchev–Trinajstić information content (AvgIpc) is 3.15. The molecular formula is C22H20N2ORaS. The molecule has 3 nitrogen and oxygen atoms in total. The molecule has 0 saturated carbocycles. The Bertz CT molecular complexity index is 1190. The first-order chi connectivity index (χ1) is 13.2. The average molecular weight is 586 g/mol. The van der Waals surface area contributed by atoms with E-state index in [0.29, 0.717) is 5.92 Å². The summed E-state index contributed by atoms with van der Waals surface area (Å²) in [5.74, 6) is 0.609. The third-order valence-corrected chi connectivity index (χ3v) is 10.7. The van der Waals surface area contributed by atoms with E-state index in [4.69, 9.17) is 0 Å². The van der Waals surface area contributed by atoms with Crippen molar-refractivity contribution in [2.24, 2.45) is 0 Å². The van der Waals surface area contributed by atoms with Gasteiger partial charge in [-0.25, -0.2) is 0 Å². The summed E-state index contributed by atoms with van der Waals surface area (Å²) < 4.78 is 3.33.